The number of likely N-dealkylation sites (N-methyl/N-ethyl adjacent to an activating group) is 1. The van der Waals surface area contributed by atoms with E-state index in [1.54, 1.807) is 25.4 Å². The van der Waals surface area contributed by atoms with Crippen molar-refractivity contribution < 1.29 is 14.3 Å². The summed E-state index contributed by atoms with van der Waals surface area (Å²) in [6, 6.07) is 13.0. The molecule has 1 saturated heterocycles. The van der Waals surface area contributed by atoms with Gasteiger partial charge in [-0.1, -0.05) is 30.3 Å². The molecule has 1 fully saturated rings. The second-order valence-corrected chi connectivity index (χ2v) is 6.41. The maximum Gasteiger partial charge on any atom is 0.254 e. The Kier molecular flexibility index (Phi) is 5.84. The Morgan fingerprint density at radius 2 is 1.88 bits per heavy atom. The third-order valence-electron chi connectivity index (χ3n) is 4.39. The van der Waals surface area contributed by atoms with Crippen molar-refractivity contribution in [3.8, 4) is 5.88 Å². The lowest BCUT2D eigenvalue weighted by molar-refractivity contribution is -0.130. The van der Waals surface area contributed by atoms with Crippen molar-refractivity contribution in [2.45, 2.75) is 19.4 Å². The van der Waals surface area contributed by atoms with Crippen LogP contribution in [0.4, 0.5) is 0 Å². The summed E-state index contributed by atoms with van der Waals surface area (Å²) in [4.78, 5) is 32.2. The Labute approximate surface area is 153 Å². The van der Waals surface area contributed by atoms with E-state index in [0.29, 0.717) is 18.1 Å². The second kappa shape index (κ2) is 8.47. The molecular formula is C20H23N3O3. The number of hydrogen-bond acceptors (Lipinski definition) is 4. The third kappa shape index (κ3) is 4.59. The smallest absolute Gasteiger partial charge is 0.254 e. The minimum absolute atomic E-state index is 0.00652. The molecule has 2 aromatic rings. The molecule has 2 heterocycles. The van der Waals surface area contributed by atoms with E-state index in [1.807, 2.05) is 35.2 Å². The molecule has 26 heavy (non-hydrogen) atoms. The van der Waals surface area contributed by atoms with Crippen LogP contribution in [-0.2, 0) is 11.4 Å². The predicted molar refractivity (Wildman–Crippen MR) is 97.8 cm³/mol. The summed E-state index contributed by atoms with van der Waals surface area (Å²) in [5, 5.41) is 0. The van der Waals surface area contributed by atoms with Crippen LogP contribution in [0.5, 0.6) is 5.88 Å². The van der Waals surface area contributed by atoms with Crippen LogP contribution in [0.15, 0.2) is 48.7 Å². The molecule has 1 aliphatic rings. The van der Waals surface area contributed by atoms with Gasteiger partial charge < -0.3 is 14.5 Å². The predicted octanol–water partition coefficient (Wildman–Crippen LogP) is 2.35. The van der Waals surface area contributed by atoms with E-state index in [9.17, 15) is 9.59 Å². The zero-order chi connectivity index (χ0) is 18.4. The Hall–Kier alpha value is -2.89. The van der Waals surface area contributed by atoms with Gasteiger partial charge in [0.2, 0.25) is 11.8 Å². The van der Waals surface area contributed by atoms with Crippen LogP contribution in [0.3, 0.4) is 0 Å². The molecule has 3 rings (SSSR count). The van der Waals surface area contributed by atoms with Gasteiger partial charge in [-0.2, -0.15) is 0 Å². The van der Waals surface area contributed by atoms with Gasteiger partial charge in [0.05, 0.1) is 6.54 Å². The summed E-state index contributed by atoms with van der Waals surface area (Å²) >= 11 is 0. The van der Waals surface area contributed by atoms with E-state index in [-0.39, 0.29) is 18.4 Å². The number of aromatic nitrogens is 1. The van der Waals surface area contributed by atoms with E-state index < -0.39 is 0 Å². The molecule has 136 valence electrons. The van der Waals surface area contributed by atoms with Crippen molar-refractivity contribution >= 4 is 11.8 Å². The average Bonchev–Trinajstić information content (AvgIpc) is 3.22. The van der Waals surface area contributed by atoms with Gasteiger partial charge in [0.1, 0.15) is 6.61 Å². The highest BCUT2D eigenvalue weighted by molar-refractivity contribution is 5.96. The SMILES string of the molecule is CN(CC(=O)N1CCCC1)C(=O)c1ccnc(OCc2ccccc2)c1. The molecule has 1 aromatic carbocycles. The lowest BCUT2D eigenvalue weighted by Gasteiger charge is -2.21. The van der Waals surface area contributed by atoms with Crippen LogP contribution in [0.1, 0.15) is 28.8 Å². The van der Waals surface area contributed by atoms with Crippen LogP contribution >= 0.6 is 0 Å². The number of ether oxygens (including phenoxy) is 1. The maximum absolute atomic E-state index is 12.6. The van der Waals surface area contributed by atoms with Crippen LogP contribution in [0.25, 0.3) is 0 Å². The van der Waals surface area contributed by atoms with E-state index in [4.69, 9.17) is 4.74 Å². The second-order valence-electron chi connectivity index (χ2n) is 6.41. The number of benzene rings is 1. The molecule has 1 aromatic heterocycles. The fourth-order valence-electron chi connectivity index (χ4n) is 2.91. The molecule has 0 radical (unpaired) electrons. The van der Waals surface area contributed by atoms with Crippen molar-refractivity contribution in [2.24, 2.45) is 0 Å². The monoisotopic (exact) mass is 353 g/mol. The molecule has 0 spiro atoms. The summed E-state index contributed by atoms with van der Waals surface area (Å²) in [6.07, 6.45) is 3.62. The molecule has 0 aliphatic carbocycles. The molecule has 1 aliphatic heterocycles. The van der Waals surface area contributed by atoms with Crippen molar-refractivity contribution in [1.29, 1.82) is 0 Å². The maximum atomic E-state index is 12.6. The van der Waals surface area contributed by atoms with Gasteiger partial charge in [0.25, 0.3) is 5.91 Å². The Morgan fingerprint density at radius 3 is 2.62 bits per heavy atom. The van der Waals surface area contributed by atoms with Gasteiger partial charge in [0.15, 0.2) is 0 Å². The number of rotatable bonds is 6. The topological polar surface area (TPSA) is 62.7 Å². The molecular weight excluding hydrogens is 330 g/mol. The van der Waals surface area contributed by atoms with E-state index >= 15 is 0 Å². The zero-order valence-corrected chi connectivity index (χ0v) is 14.9. The van der Waals surface area contributed by atoms with Gasteiger partial charge in [0, 0.05) is 38.0 Å². The highest BCUT2D eigenvalue weighted by atomic mass is 16.5. The first-order chi connectivity index (χ1) is 12.6. The standard InChI is InChI=1S/C20H23N3O3/c1-22(14-19(24)23-11-5-6-12-23)20(25)17-9-10-21-18(13-17)26-15-16-7-3-2-4-8-16/h2-4,7-10,13H,5-6,11-12,14-15H2,1H3. The fourth-order valence-corrected chi connectivity index (χ4v) is 2.91. The summed E-state index contributed by atoms with van der Waals surface area (Å²) in [6.45, 7) is 2.04. The molecule has 0 atom stereocenters. The number of carbonyl (C=O) groups excluding carboxylic acids is 2. The van der Waals surface area contributed by atoms with Crippen molar-refractivity contribution in [2.75, 3.05) is 26.7 Å². The molecule has 6 nitrogen and oxygen atoms in total. The highest BCUT2D eigenvalue weighted by Crippen LogP contribution is 2.14. The Balaban J connectivity index is 1.59. The van der Waals surface area contributed by atoms with Gasteiger partial charge in [-0.3, -0.25) is 9.59 Å². The van der Waals surface area contributed by atoms with E-state index in [0.717, 1.165) is 31.5 Å². The van der Waals surface area contributed by atoms with Crippen LogP contribution < -0.4 is 4.74 Å². The highest BCUT2D eigenvalue weighted by Gasteiger charge is 2.22. The number of carbonyl (C=O) groups is 2. The van der Waals surface area contributed by atoms with Crippen molar-refractivity contribution in [3.63, 3.8) is 0 Å². The van der Waals surface area contributed by atoms with Crippen LogP contribution in [-0.4, -0.2) is 53.3 Å². The minimum atomic E-state index is -0.218. The molecule has 6 heteroatoms. The Bertz CT molecular complexity index is 758. The Morgan fingerprint density at radius 1 is 1.15 bits per heavy atom. The van der Waals surface area contributed by atoms with Crippen LogP contribution in [0.2, 0.25) is 0 Å². The summed E-state index contributed by atoms with van der Waals surface area (Å²) in [7, 11) is 1.64. The lowest BCUT2D eigenvalue weighted by atomic mass is 10.2. The average molecular weight is 353 g/mol. The number of amides is 2. The number of likely N-dealkylation sites (tertiary alicyclic amines) is 1. The third-order valence-corrected chi connectivity index (χ3v) is 4.39. The van der Waals surface area contributed by atoms with Gasteiger partial charge in [-0.15, -0.1) is 0 Å². The van der Waals surface area contributed by atoms with Gasteiger partial charge >= 0.3 is 0 Å². The first-order valence-electron chi connectivity index (χ1n) is 8.79. The lowest BCUT2D eigenvalue weighted by Crippen LogP contribution is -2.39. The first-order valence-corrected chi connectivity index (χ1v) is 8.79. The molecule has 0 N–H and O–H groups in total. The van der Waals surface area contributed by atoms with Crippen LogP contribution in [0, 0.1) is 0 Å². The number of pyridine rings is 1. The van der Waals surface area contributed by atoms with E-state index in [2.05, 4.69) is 4.98 Å². The number of hydrogen-bond donors (Lipinski definition) is 0. The normalized spacial score (nSPS) is 13.5. The van der Waals surface area contributed by atoms with Gasteiger partial charge in [-0.05, 0) is 24.5 Å². The molecule has 0 saturated carbocycles. The molecule has 0 bridgehead atoms. The summed E-state index contributed by atoms with van der Waals surface area (Å²) < 4.78 is 5.67. The first kappa shape index (κ1) is 17.9. The largest absolute Gasteiger partial charge is 0.473 e. The minimum Gasteiger partial charge on any atom is -0.473 e. The summed E-state index contributed by atoms with van der Waals surface area (Å²) in [5.74, 6) is 0.163. The quantitative estimate of drug-likeness (QED) is 0.800. The van der Waals surface area contributed by atoms with Crippen molar-refractivity contribution in [1.82, 2.24) is 14.8 Å². The van der Waals surface area contributed by atoms with Gasteiger partial charge in [-0.25, -0.2) is 4.98 Å². The number of nitrogens with zero attached hydrogens (tertiary/aromatic N) is 3. The molecule has 2 amide bonds. The zero-order valence-electron chi connectivity index (χ0n) is 14.9. The van der Waals surface area contributed by atoms with Crippen molar-refractivity contribution in [3.05, 3.63) is 59.8 Å². The van der Waals surface area contributed by atoms with E-state index in [1.165, 1.54) is 4.90 Å². The fraction of sp³-hybridized carbons (Fsp3) is 0.350. The molecule has 0 unspecified atom stereocenters. The summed E-state index contributed by atoms with van der Waals surface area (Å²) in [5.41, 5.74) is 1.49.